The zero-order valence-corrected chi connectivity index (χ0v) is 9.32. The average Bonchev–Trinajstić information content (AvgIpc) is 2.33. The van der Waals surface area contributed by atoms with Crippen molar-refractivity contribution >= 4 is 17.7 Å². The fraction of sp³-hybridized carbons (Fsp3) is 0. The Morgan fingerprint density at radius 2 is 2.00 bits per heavy atom. The number of benzene rings is 1. The summed E-state index contributed by atoms with van der Waals surface area (Å²) < 4.78 is 13.6. The van der Waals surface area contributed by atoms with E-state index in [9.17, 15) is 9.18 Å². The monoisotopic (exact) mass is 250 g/mol. The van der Waals surface area contributed by atoms with Gasteiger partial charge < -0.3 is 5.11 Å². The van der Waals surface area contributed by atoms with Crippen LogP contribution in [0, 0.1) is 5.82 Å². The third-order valence-corrected chi connectivity index (χ3v) is 2.87. The maximum atomic E-state index is 13.6. The number of nitrogens with zero attached hydrogens (tertiary/aromatic N) is 2. The van der Waals surface area contributed by atoms with E-state index >= 15 is 0 Å². The van der Waals surface area contributed by atoms with Crippen LogP contribution in [-0.4, -0.2) is 21.0 Å². The van der Waals surface area contributed by atoms with Crippen LogP contribution in [0.15, 0.2) is 46.7 Å². The first-order valence-corrected chi connectivity index (χ1v) is 5.46. The Bertz CT molecular complexity index is 548. The largest absolute Gasteiger partial charge is 0.478 e. The second kappa shape index (κ2) is 4.92. The first kappa shape index (κ1) is 11.5. The minimum absolute atomic E-state index is 0.0826. The zero-order valence-electron chi connectivity index (χ0n) is 8.50. The standard InChI is InChI=1S/C11H7FN2O2S/c12-8-6-7(10(15)16)2-3-9(8)17-11-13-4-1-5-14-11/h1-6H,(H,15,16). The van der Waals surface area contributed by atoms with Crippen LogP contribution in [0.1, 0.15) is 10.4 Å². The van der Waals surface area contributed by atoms with Crippen molar-refractivity contribution in [3.63, 3.8) is 0 Å². The van der Waals surface area contributed by atoms with E-state index in [1.165, 1.54) is 12.1 Å². The molecule has 1 aromatic heterocycles. The maximum Gasteiger partial charge on any atom is 0.335 e. The highest BCUT2D eigenvalue weighted by molar-refractivity contribution is 7.99. The van der Waals surface area contributed by atoms with Gasteiger partial charge in [-0.25, -0.2) is 19.2 Å². The zero-order chi connectivity index (χ0) is 12.3. The number of hydrogen-bond acceptors (Lipinski definition) is 4. The summed E-state index contributed by atoms with van der Waals surface area (Å²) in [7, 11) is 0. The molecule has 2 aromatic rings. The molecule has 4 nitrogen and oxygen atoms in total. The second-order valence-corrected chi connectivity index (χ2v) is 4.09. The molecule has 1 heterocycles. The predicted octanol–water partition coefficient (Wildman–Crippen LogP) is 2.47. The number of rotatable bonds is 3. The highest BCUT2D eigenvalue weighted by atomic mass is 32.2. The molecule has 0 fully saturated rings. The SMILES string of the molecule is O=C(O)c1ccc(Sc2ncccn2)c(F)c1. The minimum Gasteiger partial charge on any atom is -0.478 e. The molecule has 0 aliphatic carbocycles. The van der Waals surface area contributed by atoms with E-state index in [1.54, 1.807) is 18.5 Å². The second-order valence-electron chi connectivity index (χ2n) is 3.08. The molecule has 0 spiro atoms. The van der Waals surface area contributed by atoms with E-state index < -0.39 is 11.8 Å². The highest BCUT2D eigenvalue weighted by Crippen LogP contribution is 2.27. The summed E-state index contributed by atoms with van der Waals surface area (Å²) in [6, 6.07) is 5.39. The maximum absolute atomic E-state index is 13.6. The van der Waals surface area contributed by atoms with Crippen molar-refractivity contribution in [1.29, 1.82) is 0 Å². The van der Waals surface area contributed by atoms with Gasteiger partial charge in [0.25, 0.3) is 0 Å². The van der Waals surface area contributed by atoms with Crippen LogP contribution in [0.3, 0.4) is 0 Å². The number of carboxylic acids is 1. The Kier molecular flexibility index (Phi) is 3.34. The summed E-state index contributed by atoms with van der Waals surface area (Å²) in [5, 5.41) is 9.10. The number of carbonyl (C=O) groups is 1. The molecule has 86 valence electrons. The lowest BCUT2D eigenvalue weighted by atomic mass is 10.2. The first-order chi connectivity index (χ1) is 8.16. The van der Waals surface area contributed by atoms with E-state index in [0.29, 0.717) is 10.1 Å². The summed E-state index contributed by atoms with van der Waals surface area (Å²) in [6.07, 6.45) is 3.11. The summed E-state index contributed by atoms with van der Waals surface area (Å²) >= 11 is 1.04. The predicted molar refractivity (Wildman–Crippen MR) is 59.5 cm³/mol. The van der Waals surface area contributed by atoms with Crippen LogP contribution in [0.4, 0.5) is 4.39 Å². The first-order valence-electron chi connectivity index (χ1n) is 4.64. The van der Waals surface area contributed by atoms with E-state index in [2.05, 4.69) is 9.97 Å². The molecule has 2 rings (SSSR count). The van der Waals surface area contributed by atoms with Gasteiger partial charge in [-0.3, -0.25) is 0 Å². The Hall–Kier alpha value is -1.95. The molecule has 0 atom stereocenters. The van der Waals surface area contributed by atoms with Crippen molar-refractivity contribution in [3.8, 4) is 0 Å². The Balaban J connectivity index is 2.26. The Morgan fingerprint density at radius 1 is 1.29 bits per heavy atom. The third-order valence-electron chi connectivity index (χ3n) is 1.92. The van der Waals surface area contributed by atoms with Crippen molar-refractivity contribution in [2.24, 2.45) is 0 Å². The molecule has 17 heavy (non-hydrogen) atoms. The Morgan fingerprint density at radius 3 is 2.59 bits per heavy atom. The smallest absolute Gasteiger partial charge is 0.335 e. The van der Waals surface area contributed by atoms with Crippen LogP contribution in [0.25, 0.3) is 0 Å². The van der Waals surface area contributed by atoms with Gasteiger partial charge in [-0.15, -0.1) is 0 Å². The number of carboxylic acid groups (broad SMARTS) is 1. The van der Waals surface area contributed by atoms with Crippen molar-refractivity contribution < 1.29 is 14.3 Å². The minimum atomic E-state index is -1.16. The highest BCUT2D eigenvalue weighted by Gasteiger charge is 2.10. The Labute approximate surface area is 101 Å². The van der Waals surface area contributed by atoms with Gasteiger partial charge in [0.2, 0.25) is 0 Å². The molecule has 0 radical (unpaired) electrons. The topological polar surface area (TPSA) is 63.1 Å². The van der Waals surface area contributed by atoms with E-state index in [1.807, 2.05) is 0 Å². The van der Waals surface area contributed by atoms with E-state index in [4.69, 9.17) is 5.11 Å². The molecular formula is C11H7FN2O2S. The van der Waals surface area contributed by atoms with Gasteiger partial charge in [0.15, 0.2) is 5.16 Å². The van der Waals surface area contributed by atoms with Crippen LogP contribution < -0.4 is 0 Å². The van der Waals surface area contributed by atoms with Gasteiger partial charge in [-0.1, -0.05) is 0 Å². The lowest BCUT2D eigenvalue weighted by molar-refractivity contribution is 0.0696. The summed E-state index contributed by atoms with van der Waals surface area (Å²) in [5.74, 6) is -1.75. The third kappa shape index (κ3) is 2.79. The number of aromatic nitrogens is 2. The lowest BCUT2D eigenvalue weighted by Crippen LogP contribution is -1.97. The molecular weight excluding hydrogens is 243 g/mol. The number of hydrogen-bond donors (Lipinski definition) is 1. The van der Waals surface area contributed by atoms with Gasteiger partial charge in [-0.05, 0) is 36.0 Å². The van der Waals surface area contributed by atoms with Gasteiger partial charge in [0, 0.05) is 12.4 Å². The van der Waals surface area contributed by atoms with Crippen LogP contribution in [0.5, 0.6) is 0 Å². The molecule has 0 unspecified atom stereocenters. The van der Waals surface area contributed by atoms with Crippen LogP contribution in [0.2, 0.25) is 0 Å². The van der Waals surface area contributed by atoms with Crippen molar-refractivity contribution in [2.45, 2.75) is 10.1 Å². The molecule has 0 bridgehead atoms. The number of halogens is 1. The lowest BCUT2D eigenvalue weighted by Gasteiger charge is -2.02. The summed E-state index contributed by atoms with van der Waals surface area (Å²) in [5.41, 5.74) is -0.0826. The van der Waals surface area contributed by atoms with E-state index in [0.717, 1.165) is 17.8 Å². The van der Waals surface area contributed by atoms with Crippen molar-refractivity contribution in [3.05, 3.63) is 48.0 Å². The normalized spacial score (nSPS) is 10.2. The molecule has 1 N–H and O–H groups in total. The molecule has 0 aliphatic rings. The van der Waals surface area contributed by atoms with Crippen LogP contribution >= 0.6 is 11.8 Å². The molecule has 1 aromatic carbocycles. The quantitative estimate of drug-likeness (QED) is 0.848. The van der Waals surface area contributed by atoms with Gasteiger partial charge in [0.1, 0.15) is 5.82 Å². The van der Waals surface area contributed by atoms with Crippen molar-refractivity contribution in [1.82, 2.24) is 9.97 Å². The van der Waals surface area contributed by atoms with E-state index in [-0.39, 0.29) is 5.56 Å². The molecule has 0 aliphatic heterocycles. The van der Waals surface area contributed by atoms with Gasteiger partial charge in [-0.2, -0.15) is 0 Å². The fourth-order valence-electron chi connectivity index (χ4n) is 1.15. The van der Waals surface area contributed by atoms with Crippen molar-refractivity contribution in [2.75, 3.05) is 0 Å². The van der Waals surface area contributed by atoms with Gasteiger partial charge >= 0.3 is 5.97 Å². The average molecular weight is 250 g/mol. The fourth-order valence-corrected chi connectivity index (χ4v) is 1.87. The van der Waals surface area contributed by atoms with Gasteiger partial charge in [0.05, 0.1) is 10.5 Å². The molecule has 0 amide bonds. The summed E-state index contributed by atoms with van der Waals surface area (Å²) in [4.78, 5) is 18.8. The number of aromatic carboxylic acids is 1. The molecule has 6 heteroatoms. The van der Waals surface area contributed by atoms with Crippen LogP contribution in [-0.2, 0) is 0 Å². The molecule has 0 saturated carbocycles. The summed E-state index contributed by atoms with van der Waals surface area (Å²) in [6.45, 7) is 0. The molecule has 0 saturated heterocycles.